The molecule has 0 saturated carbocycles. The highest BCUT2D eigenvalue weighted by Crippen LogP contribution is 2.65. The molecule has 7 nitrogen and oxygen atoms in total. The third-order valence-corrected chi connectivity index (χ3v) is 15.8. The van der Waals surface area contributed by atoms with E-state index in [0.29, 0.717) is 72.5 Å². The molecule has 0 fully saturated rings. The molecule has 2 rings (SSSR count). The molecular weight excluding hydrogens is 655 g/mol. The van der Waals surface area contributed by atoms with Gasteiger partial charge in [-0.1, -0.05) is 47.0 Å². The highest BCUT2D eigenvalue weighted by molar-refractivity contribution is 8.45. The van der Waals surface area contributed by atoms with Crippen molar-refractivity contribution in [3.63, 3.8) is 0 Å². The summed E-state index contributed by atoms with van der Waals surface area (Å²) in [6.07, 6.45) is 2.70. The number of thioether (sulfide) groups is 8. The molecule has 0 saturated heterocycles. The molecule has 0 aromatic carbocycles. The van der Waals surface area contributed by atoms with Gasteiger partial charge in [0.1, 0.15) is 0 Å². The second-order valence-corrected chi connectivity index (χ2v) is 17.0. The van der Waals surface area contributed by atoms with Crippen molar-refractivity contribution in [1.82, 2.24) is 0 Å². The highest BCUT2D eigenvalue weighted by Gasteiger charge is 2.30. The van der Waals surface area contributed by atoms with Gasteiger partial charge in [-0.2, -0.15) is 5.26 Å². The second-order valence-electron chi connectivity index (χ2n) is 7.23. The van der Waals surface area contributed by atoms with E-state index in [1.807, 2.05) is 70.6 Å². The molecule has 39 heavy (non-hydrogen) atoms. The normalized spacial score (nSPS) is 15.7. The van der Waals surface area contributed by atoms with Crippen LogP contribution in [0.2, 0.25) is 0 Å². The molecule has 0 aliphatic carbocycles. The Hall–Kier alpha value is 1.27. The average molecular weight is 692 g/mol. The molecule has 222 valence electrons. The first kappa shape index (κ1) is 36.5. The van der Waals surface area contributed by atoms with Crippen molar-refractivity contribution in [2.24, 2.45) is 0 Å². The van der Waals surface area contributed by atoms with E-state index in [2.05, 4.69) is 12.3 Å². The van der Waals surface area contributed by atoms with E-state index in [1.165, 1.54) is 25.4 Å². The Morgan fingerprint density at radius 3 is 1.38 bits per heavy atom. The monoisotopic (exact) mass is 691 g/mol. The molecule has 0 unspecified atom stereocenters. The molecule has 0 radical (unpaired) electrons. The molecule has 0 N–H and O–H groups in total. The Bertz CT molecular complexity index is 800. The van der Waals surface area contributed by atoms with Gasteiger partial charge in [-0.3, -0.25) is 0 Å². The van der Waals surface area contributed by atoms with E-state index in [-0.39, 0.29) is 0 Å². The maximum absolute atomic E-state index is 8.91. The quantitative estimate of drug-likeness (QED) is 0.0960. The minimum absolute atomic E-state index is 0.572. The molecule has 15 heteroatoms. The van der Waals surface area contributed by atoms with Gasteiger partial charge in [0, 0.05) is 37.9 Å². The molecule has 2 aliphatic heterocycles. The fourth-order valence-electron chi connectivity index (χ4n) is 2.61. The van der Waals surface area contributed by atoms with Crippen LogP contribution in [0, 0.1) is 11.3 Å². The minimum atomic E-state index is 0.572. The van der Waals surface area contributed by atoms with E-state index in [1.54, 1.807) is 37.7 Å². The summed E-state index contributed by atoms with van der Waals surface area (Å²) in [6.45, 7) is 6.14. The van der Waals surface area contributed by atoms with Crippen molar-refractivity contribution in [1.29, 1.82) is 5.26 Å². The van der Waals surface area contributed by atoms with Crippen molar-refractivity contribution < 1.29 is 28.4 Å². The Morgan fingerprint density at radius 1 is 0.564 bits per heavy atom. The zero-order chi connectivity index (χ0) is 28.0. The van der Waals surface area contributed by atoms with Crippen LogP contribution in [0.1, 0.15) is 6.42 Å². The molecular formula is C24H37NO6S8. The summed E-state index contributed by atoms with van der Waals surface area (Å²) >= 11 is 14.8. The molecule has 0 amide bonds. The fourth-order valence-corrected chi connectivity index (χ4v) is 13.9. The van der Waals surface area contributed by atoms with E-state index in [0.717, 1.165) is 17.3 Å². The van der Waals surface area contributed by atoms with Gasteiger partial charge in [-0.05, 0) is 6.26 Å². The zero-order valence-electron chi connectivity index (χ0n) is 22.6. The molecule has 0 aromatic rings. The van der Waals surface area contributed by atoms with Crippen LogP contribution in [-0.4, -0.2) is 104 Å². The lowest BCUT2D eigenvalue weighted by Gasteiger charge is -2.07. The van der Waals surface area contributed by atoms with Crippen LogP contribution in [0.15, 0.2) is 25.4 Å². The van der Waals surface area contributed by atoms with Crippen LogP contribution in [-0.2, 0) is 28.4 Å². The summed E-state index contributed by atoms with van der Waals surface area (Å²) < 4.78 is 40.4. The lowest BCUT2D eigenvalue weighted by atomic mass is 10.6. The van der Waals surface area contributed by atoms with E-state index in [4.69, 9.17) is 33.7 Å². The Labute approximate surface area is 267 Å². The lowest BCUT2D eigenvalue weighted by Crippen LogP contribution is -2.09. The Kier molecular flexibility index (Phi) is 23.1. The summed E-state index contributed by atoms with van der Waals surface area (Å²) in [7, 11) is 3.34. The summed E-state index contributed by atoms with van der Waals surface area (Å²) in [4.78, 5) is 0. The fraction of sp³-hybridized carbons (Fsp3) is 0.708. The predicted molar refractivity (Wildman–Crippen MR) is 180 cm³/mol. The van der Waals surface area contributed by atoms with Crippen LogP contribution in [0.5, 0.6) is 0 Å². The highest BCUT2D eigenvalue weighted by atomic mass is 32.3. The summed E-state index contributed by atoms with van der Waals surface area (Å²) in [5.41, 5.74) is 0. The number of methoxy groups -OCH3 is 2. The number of hydrogen-bond donors (Lipinski definition) is 0. The van der Waals surface area contributed by atoms with Crippen LogP contribution < -0.4 is 0 Å². The number of nitriles is 1. The van der Waals surface area contributed by atoms with Crippen LogP contribution in [0.4, 0.5) is 0 Å². The molecule has 0 aromatic heterocycles. The number of nitrogens with zero attached hydrogens (tertiary/aromatic N) is 1. The first-order valence-electron chi connectivity index (χ1n) is 12.3. The third kappa shape index (κ3) is 16.1. The summed E-state index contributed by atoms with van der Waals surface area (Å²) in [6, 6.07) is 2.25. The van der Waals surface area contributed by atoms with Crippen molar-refractivity contribution in [2.75, 3.05) is 104 Å². The first-order chi connectivity index (χ1) is 19.2. The predicted octanol–water partition coefficient (Wildman–Crippen LogP) is 7.16. The average Bonchev–Trinajstić information content (AvgIpc) is 3.55. The molecule has 0 atom stereocenters. The van der Waals surface area contributed by atoms with Gasteiger partial charge in [-0.25, -0.2) is 0 Å². The van der Waals surface area contributed by atoms with Crippen LogP contribution >= 0.6 is 94.1 Å². The van der Waals surface area contributed by atoms with Gasteiger partial charge >= 0.3 is 0 Å². The largest absolute Gasteiger partial charge is 0.382 e. The van der Waals surface area contributed by atoms with E-state index < -0.39 is 0 Å². The maximum Gasteiger partial charge on any atom is 0.0717 e. The Morgan fingerprint density at radius 2 is 0.949 bits per heavy atom. The van der Waals surface area contributed by atoms with E-state index >= 15 is 0 Å². The number of ether oxygens (including phenoxy) is 6. The minimum Gasteiger partial charge on any atom is -0.382 e. The smallest absolute Gasteiger partial charge is 0.0717 e. The van der Waals surface area contributed by atoms with Gasteiger partial charge in [0.25, 0.3) is 0 Å². The summed E-state index contributed by atoms with van der Waals surface area (Å²) in [5.74, 6) is 2.63. The topological polar surface area (TPSA) is 79.2 Å². The molecule has 2 aliphatic rings. The molecule has 0 spiro atoms. The SMILES string of the molecule is COCCOCCOCCSC1=C(SCCOCCOCCOC)SC(=C2SC(SC)=C(SCCC#N)S2)S1. The van der Waals surface area contributed by atoms with Crippen LogP contribution in [0.25, 0.3) is 0 Å². The Balaban J connectivity index is 1.83. The van der Waals surface area contributed by atoms with Gasteiger partial charge in [0.15, 0.2) is 0 Å². The lowest BCUT2D eigenvalue weighted by molar-refractivity contribution is 0.0286. The van der Waals surface area contributed by atoms with Gasteiger partial charge < -0.3 is 28.4 Å². The van der Waals surface area contributed by atoms with Crippen molar-refractivity contribution >= 4 is 94.1 Å². The van der Waals surface area contributed by atoms with Crippen LogP contribution in [0.3, 0.4) is 0 Å². The van der Waals surface area contributed by atoms with Gasteiger partial charge in [0.2, 0.25) is 0 Å². The number of hydrogen-bond acceptors (Lipinski definition) is 15. The maximum atomic E-state index is 8.91. The first-order valence-corrected chi connectivity index (χ1v) is 19.7. The van der Waals surface area contributed by atoms with Gasteiger partial charge in [-0.15, -0.1) is 47.0 Å². The standard InChI is InChI=1S/C24H37NO6S8/c1-26-6-8-28-10-12-30-14-17-34-21-22(35-18-15-31-13-11-29-9-7-27-2)39-24(38-21)23-36-19(32-3)20(37-23)33-16-4-5-25/h4,6-18H2,1-3H3. The second kappa shape index (κ2) is 24.7. The third-order valence-electron chi connectivity index (χ3n) is 4.40. The molecule has 0 bridgehead atoms. The van der Waals surface area contributed by atoms with Crippen molar-refractivity contribution in [2.45, 2.75) is 6.42 Å². The van der Waals surface area contributed by atoms with E-state index in [9.17, 15) is 0 Å². The number of rotatable bonds is 24. The zero-order valence-corrected chi connectivity index (χ0v) is 29.1. The molecule has 2 heterocycles. The van der Waals surface area contributed by atoms with Gasteiger partial charge in [0.05, 0.1) is 97.6 Å². The van der Waals surface area contributed by atoms with Crippen molar-refractivity contribution in [3.8, 4) is 6.07 Å². The van der Waals surface area contributed by atoms with Crippen molar-refractivity contribution in [3.05, 3.63) is 25.4 Å². The summed E-state index contributed by atoms with van der Waals surface area (Å²) in [5, 5.41) is 8.91.